The standard InChI is InChI=1S/C20H28N4O3S/c1-13(2)24-20(21-19(22-24)14-6-4-3-5-7-14)15-8-11-18(25)17(12-15)23-28(26,27)16-9-10-16/h3-7,13,15-18,23,25H,8-12H2,1-2H3/t15-,17+,18+/m0/s1. The topological polar surface area (TPSA) is 97.1 Å². The number of hydrogen-bond acceptors (Lipinski definition) is 5. The van der Waals surface area contributed by atoms with Crippen molar-refractivity contribution in [2.75, 3.05) is 0 Å². The largest absolute Gasteiger partial charge is 0.391 e. The zero-order chi connectivity index (χ0) is 19.9. The normalized spacial score (nSPS) is 25.9. The number of aliphatic hydroxyl groups excluding tert-OH is 1. The van der Waals surface area contributed by atoms with Crippen molar-refractivity contribution in [2.45, 2.75) is 75.3 Å². The molecule has 152 valence electrons. The van der Waals surface area contributed by atoms with Gasteiger partial charge in [0.2, 0.25) is 10.0 Å². The molecule has 8 heteroatoms. The molecular formula is C20H28N4O3S. The van der Waals surface area contributed by atoms with E-state index in [1.165, 1.54) is 0 Å². The summed E-state index contributed by atoms with van der Waals surface area (Å²) in [7, 11) is -3.34. The lowest BCUT2D eigenvalue weighted by Crippen LogP contribution is -2.47. The van der Waals surface area contributed by atoms with Gasteiger partial charge in [-0.1, -0.05) is 30.3 Å². The highest BCUT2D eigenvalue weighted by Gasteiger charge is 2.41. The van der Waals surface area contributed by atoms with Crippen LogP contribution in [-0.4, -0.2) is 45.7 Å². The van der Waals surface area contributed by atoms with Gasteiger partial charge in [-0.15, -0.1) is 0 Å². The van der Waals surface area contributed by atoms with E-state index in [2.05, 4.69) is 18.6 Å². The van der Waals surface area contributed by atoms with E-state index in [0.717, 1.165) is 17.8 Å². The van der Waals surface area contributed by atoms with Gasteiger partial charge < -0.3 is 5.11 Å². The van der Waals surface area contributed by atoms with Crippen molar-refractivity contribution in [2.24, 2.45) is 0 Å². The van der Waals surface area contributed by atoms with Gasteiger partial charge in [0.1, 0.15) is 5.82 Å². The second kappa shape index (κ2) is 7.57. The lowest BCUT2D eigenvalue weighted by Gasteiger charge is -2.33. The summed E-state index contributed by atoms with van der Waals surface area (Å²) in [4.78, 5) is 4.82. The third-order valence-electron chi connectivity index (χ3n) is 5.64. The number of benzene rings is 1. The van der Waals surface area contributed by atoms with Crippen molar-refractivity contribution in [1.29, 1.82) is 0 Å². The first-order chi connectivity index (χ1) is 13.3. The van der Waals surface area contributed by atoms with Crippen LogP contribution in [0.3, 0.4) is 0 Å². The van der Waals surface area contributed by atoms with Gasteiger partial charge in [0.25, 0.3) is 0 Å². The van der Waals surface area contributed by atoms with Crippen LogP contribution in [-0.2, 0) is 10.0 Å². The number of rotatable bonds is 6. The van der Waals surface area contributed by atoms with Crippen LogP contribution in [0.4, 0.5) is 0 Å². The van der Waals surface area contributed by atoms with Crippen LogP contribution < -0.4 is 4.72 Å². The van der Waals surface area contributed by atoms with Crippen LogP contribution in [0.25, 0.3) is 11.4 Å². The Bertz CT molecular complexity index is 922. The van der Waals surface area contributed by atoms with Gasteiger partial charge in [0, 0.05) is 23.6 Å². The van der Waals surface area contributed by atoms with Crippen molar-refractivity contribution in [3.8, 4) is 11.4 Å². The van der Waals surface area contributed by atoms with Crippen molar-refractivity contribution in [1.82, 2.24) is 19.5 Å². The number of aromatic nitrogens is 3. The van der Waals surface area contributed by atoms with Crippen molar-refractivity contribution < 1.29 is 13.5 Å². The molecule has 0 amide bonds. The van der Waals surface area contributed by atoms with Crippen LogP contribution in [0.5, 0.6) is 0 Å². The van der Waals surface area contributed by atoms with Crippen LogP contribution in [0.2, 0.25) is 0 Å². The van der Waals surface area contributed by atoms with Gasteiger partial charge in [-0.05, 0) is 46.0 Å². The minimum atomic E-state index is -3.34. The number of nitrogens with zero attached hydrogens (tertiary/aromatic N) is 3. The highest BCUT2D eigenvalue weighted by Crippen LogP contribution is 2.36. The summed E-state index contributed by atoms with van der Waals surface area (Å²) in [6, 6.07) is 9.54. The molecule has 7 nitrogen and oxygen atoms in total. The zero-order valence-corrected chi connectivity index (χ0v) is 17.1. The summed E-state index contributed by atoms with van der Waals surface area (Å²) in [5.41, 5.74) is 0.963. The SMILES string of the molecule is CC(C)n1nc(-c2ccccc2)nc1[C@H]1CC[C@@H](O)[C@H](NS(=O)(=O)C2CC2)C1. The van der Waals surface area contributed by atoms with Gasteiger partial charge in [-0.2, -0.15) is 5.10 Å². The molecule has 2 aromatic rings. The second-order valence-electron chi connectivity index (χ2n) is 8.24. The van der Waals surface area contributed by atoms with E-state index in [-0.39, 0.29) is 17.2 Å². The summed E-state index contributed by atoms with van der Waals surface area (Å²) in [6.07, 6.45) is 2.62. The fraction of sp³-hybridized carbons (Fsp3) is 0.600. The molecule has 0 saturated heterocycles. The first-order valence-corrected chi connectivity index (χ1v) is 11.6. The first kappa shape index (κ1) is 19.5. The predicted molar refractivity (Wildman–Crippen MR) is 107 cm³/mol. The summed E-state index contributed by atoms with van der Waals surface area (Å²) in [6.45, 7) is 4.13. The van der Waals surface area contributed by atoms with Crippen LogP contribution in [0, 0.1) is 0 Å². The third kappa shape index (κ3) is 3.99. The predicted octanol–water partition coefficient (Wildman–Crippen LogP) is 2.60. The van der Waals surface area contributed by atoms with Crippen LogP contribution in [0.15, 0.2) is 30.3 Å². The molecule has 2 N–H and O–H groups in total. The summed E-state index contributed by atoms with van der Waals surface area (Å²) in [5, 5.41) is 14.8. The molecule has 0 spiro atoms. The molecule has 0 radical (unpaired) electrons. The zero-order valence-electron chi connectivity index (χ0n) is 16.3. The molecule has 0 aliphatic heterocycles. The molecule has 2 aliphatic carbocycles. The van der Waals surface area contributed by atoms with Crippen molar-refractivity contribution in [3.05, 3.63) is 36.2 Å². The molecule has 2 fully saturated rings. The van der Waals surface area contributed by atoms with E-state index in [1.54, 1.807) is 0 Å². The maximum atomic E-state index is 12.4. The van der Waals surface area contributed by atoms with E-state index in [4.69, 9.17) is 10.1 Å². The fourth-order valence-corrected chi connectivity index (χ4v) is 5.53. The molecule has 1 aromatic carbocycles. The van der Waals surface area contributed by atoms with E-state index < -0.39 is 22.2 Å². The van der Waals surface area contributed by atoms with Gasteiger partial charge in [0.15, 0.2) is 5.82 Å². The van der Waals surface area contributed by atoms with E-state index in [1.807, 2.05) is 35.0 Å². The number of aliphatic hydroxyl groups is 1. The summed E-state index contributed by atoms with van der Waals surface area (Å²) < 4.78 is 29.4. The molecule has 4 rings (SSSR count). The lowest BCUT2D eigenvalue weighted by molar-refractivity contribution is 0.0912. The summed E-state index contributed by atoms with van der Waals surface area (Å²) >= 11 is 0. The Labute approximate surface area is 166 Å². The highest BCUT2D eigenvalue weighted by molar-refractivity contribution is 7.90. The van der Waals surface area contributed by atoms with Gasteiger partial charge in [-0.3, -0.25) is 0 Å². The Morgan fingerprint density at radius 3 is 2.50 bits per heavy atom. The smallest absolute Gasteiger partial charge is 0.214 e. The second-order valence-corrected chi connectivity index (χ2v) is 10.2. The van der Waals surface area contributed by atoms with Gasteiger partial charge in [0.05, 0.1) is 11.4 Å². The Morgan fingerprint density at radius 2 is 1.86 bits per heavy atom. The molecule has 0 bridgehead atoms. The Morgan fingerprint density at radius 1 is 1.14 bits per heavy atom. The average Bonchev–Trinajstić information content (AvgIpc) is 3.44. The van der Waals surface area contributed by atoms with Crippen LogP contribution in [0.1, 0.15) is 63.7 Å². The van der Waals surface area contributed by atoms with E-state index in [9.17, 15) is 13.5 Å². The van der Waals surface area contributed by atoms with Crippen LogP contribution >= 0.6 is 0 Å². The third-order valence-corrected chi connectivity index (χ3v) is 7.62. The lowest BCUT2D eigenvalue weighted by atomic mass is 9.83. The van der Waals surface area contributed by atoms with Gasteiger partial charge >= 0.3 is 0 Å². The Kier molecular flexibility index (Phi) is 5.28. The number of sulfonamides is 1. The number of hydrogen-bond donors (Lipinski definition) is 2. The fourth-order valence-electron chi connectivity index (χ4n) is 3.90. The first-order valence-electron chi connectivity index (χ1n) is 10.1. The molecule has 2 aliphatic rings. The highest BCUT2D eigenvalue weighted by atomic mass is 32.2. The Balaban J connectivity index is 1.60. The van der Waals surface area contributed by atoms with E-state index >= 15 is 0 Å². The molecular weight excluding hydrogens is 376 g/mol. The minimum absolute atomic E-state index is 0.0580. The molecule has 1 heterocycles. The molecule has 28 heavy (non-hydrogen) atoms. The minimum Gasteiger partial charge on any atom is -0.391 e. The monoisotopic (exact) mass is 404 g/mol. The molecule has 2 saturated carbocycles. The Hall–Kier alpha value is -1.77. The summed E-state index contributed by atoms with van der Waals surface area (Å²) in [5.74, 6) is 1.62. The van der Waals surface area contributed by atoms with Crippen molar-refractivity contribution in [3.63, 3.8) is 0 Å². The number of nitrogens with one attached hydrogen (secondary N) is 1. The van der Waals surface area contributed by atoms with Crippen molar-refractivity contribution >= 4 is 10.0 Å². The molecule has 1 aromatic heterocycles. The average molecular weight is 405 g/mol. The molecule has 0 unspecified atom stereocenters. The maximum Gasteiger partial charge on any atom is 0.214 e. The maximum absolute atomic E-state index is 12.4. The quantitative estimate of drug-likeness (QED) is 0.771. The van der Waals surface area contributed by atoms with Gasteiger partial charge in [-0.25, -0.2) is 22.8 Å². The van der Waals surface area contributed by atoms with E-state index in [0.29, 0.717) is 31.5 Å². The molecule has 3 atom stereocenters.